The monoisotopic (exact) mass is 319 g/mol. The van der Waals surface area contributed by atoms with Gasteiger partial charge in [-0.3, -0.25) is 4.79 Å². The number of thioether (sulfide) groups is 1. The van der Waals surface area contributed by atoms with Crippen molar-refractivity contribution in [2.45, 2.75) is 24.6 Å². The summed E-state index contributed by atoms with van der Waals surface area (Å²) in [6, 6.07) is 9.55. The van der Waals surface area contributed by atoms with Gasteiger partial charge in [0, 0.05) is 23.7 Å². The SMILES string of the molecule is CS[C@@H](CO)[C@@H](C)NC(=O)Cc1ccc(-n2cccn2)cc1. The number of nitrogens with zero attached hydrogens (tertiary/aromatic N) is 2. The molecule has 2 atom stereocenters. The molecule has 5 nitrogen and oxygen atoms in total. The Morgan fingerprint density at radius 1 is 1.41 bits per heavy atom. The molecule has 6 heteroatoms. The number of benzene rings is 1. The third-order valence-electron chi connectivity index (χ3n) is 3.50. The van der Waals surface area contributed by atoms with Gasteiger partial charge in [-0.15, -0.1) is 0 Å². The van der Waals surface area contributed by atoms with Gasteiger partial charge in [0.2, 0.25) is 5.91 Å². The molecule has 118 valence electrons. The molecular weight excluding hydrogens is 298 g/mol. The van der Waals surface area contributed by atoms with Gasteiger partial charge in [-0.25, -0.2) is 4.68 Å². The molecule has 0 saturated heterocycles. The van der Waals surface area contributed by atoms with Gasteiger partial charge in [-0.05, 0) is 36.9 Å². The fraction of sp³-hybridized carbons (Fsp3) is 0.375. The summed E-state index contributed by atoms with van der Waals surface area (Å²) in [6.07, 6.45) is 5.86. The third kappa shape index (κ3) is 4.35. The molecule has 0 aliphatic carbocycles. The number of amides is 1. The lowest BCUT2D eigenvalue weighted by Crippen LogP contribution is -2.41. The zero-order valence-electron chi connectivity index (χ0n) is 12.8. The first kappa shape index (κ1) is 16.6. The lowest BCUT2D eigenvalue weighted by atomic mass is 10.1. The molecule has 2 N–H and O–H groups in total. The van der Waals surface area contributed by atoms with Crippen molar-refractivity contribution < 1.29 is 9.90 Å². The van der Waals surface area contributed by atoms with Crippen LogP contribution in [0.25, 0.3) is 5.69 Å². The maximum absolute atomic E-state index is 12.1. The Balaban J connectivity index is 1.92. The first-order valence-corrected chi connectivity index (χ1v) is 8.44. The van der Waals surface area contributed by atoms with Crippen LogP contribution in [0.2, 0.25) is 0 Å². The number of hydrogen-bond acceptors (Lipinski definition) is 4. The molecule has 2 aromatic rings. The summed E-state index contributed by atoms with van der Waals surface area (Å²) in [4.78, 5) is 12.1. The Bertz CT molecular complexity index is 580. The van der Waals surface area contributed by atoms with Crippen molar-refractivity contribution in [1.82, 2.24) is 15.1 Å². The predicted octanol–water partition coefficient (Wildman–Crippen LogP) is 1.64. The fourth-order valence-electron chi connectivity index (χ4n) is 2.21. The Hall–Kier alpha value is -1.79. The number of hydrogen-bond donors (Lipinski definition) is 2. The van der Waals surface area contributed by atoms with Crippen LogP contribution in [-0.2, 0) is 11.2 Å². The largest absolute Gasteiger partial charge is 0.395 e. The number of nitrogens with one attached hydrogen (secondary N) is 1. The maximum atomic E-state index is 12.1. The van der Waals surface area contributed by atoms with Crippen LogP contribution in [0.15, 0.2) is 42.7 Å². The van der Waals surface area contributed by atoms with Gasteiger partial charge in [0.25, 0.3) is 0 Å². The molecule has 0 aliphatic heterocycles. The molecule has 1 aromatic carbocycles. The van der Waals surface area contributed by atoms with E-state index in [1.54, 1.807) is 22.6 Å². The molecule has 22 heavy (non-hydrogen) atoms. The van der Waals surface area contributed by atoms with Crippen LogP contribution in [0.3, 0.4) is 0 Å². The van der Waals surface area contributed by atoms with Gasteiger partial charge < -0.3 is 10.4 Å². The van der Waals surface area contributed by atoms with Crippen LogP contribution in [0.1, 0.15) is 12.5 Å². The summed E-state index contributed by atoms with van der Waals surface area (Å²) in [6.45, 7) is 1.97. The summed E-state index contributed by atoms with van der Waals surface area (Å²) in [5.74, 6) is -0.0353. The average molecular weight is 319 g/mol. The van der Waals surface area contributed by atoms with Crippen molar-refractivity contribution in [3.05, 3.63) is 48.3 Å². The summed E-state index contributed by atoms with van der Waals surface area (Å²) in [5.41, 5.74) is 1.91. The zero-order valence-corrected chi connectivity index (χ0v) is 13.6. The lowest BCUT2D eigenvalue weighted by molar-refractivity contribution is -0.121. The quantitative estimate of drug-likeness (QED) is 0.814. The number of aromatic nitrogens is 2. The van der Waals surface area contributed by atoms with Gasteiger partial charge in [0.05, 0.1) is 18.7 Å². The first-order valence-electron chi connectivity index (χ1n) is 7.16. The topological polar surface area (TPSA) is 67.2 Å². The van der Waals surface area contributed by atoms with Gasteiger partial charge >= 0.3 is 0 Å². The highest BCUT2D eigenvalue weighted by atomic mass is 32.2. The molecule has 1 aromatic heterocycles. The standard InChI is InChI=1S/C16H21N3O2S/c1-12(15(11-20)22-2)18-16(21)10-13-4-6-14(7-5-13)19-9-3-8-17-19/h3-9,12,15,20H,10-11H2,1-2H3,(H,18,21)/t12-,15+/m1/s1. The molecule has 0 unspecified atom stereocenters. The molecule has 0 saturated carbocycles. The molecule has 0 fully saturated rings. The van der Waals surface area contributed by atoms with E-state index in [2.05, 4.69) is 10.4 Å². The second-order valence-electron chi connectivity index (χ2n) is 5.11. The van der Waals surface area contributed by atoms with E-state index in [1.165, 1.54) is 0 Å². The van der Waals surface area contributed by atoms with Gasteiger partial charge in [0.15, 0.2) is 0 Å². The fourth-order valence-corrected chi connectivity index (χ4v) is 2.83. The number of aliphatic hydroxyl groups excluding tert-OH is 1. The Kier molecular flexibility index (Phi) is 6.03. The number of aliphatic hydroxyl groups is 1. The van der Waals surface area contributed by atoms with E-state index in [9.17, 15) is 9.90 Å². The van der Waals surface area contributed by atoms with Crippen LogP contribution >= 0.6 is 11.8 Å². The Labute approximate surface area is 134 Å². The maximum Gasteiger partial charge on any atom is 0.224 e. The number of carbonyl (C=O) groups excluding carboxylic acids is 1. The second kappa shape index (κ2) is 8.00. The molecule has 2 rings (SSSR count). The van der Waals surface area contributed by atoms with E-state index in [-0.39, 0.29) is 23.8 Å². The van der Waals surface area contributed by atoms with Crippen LogP contribution in [0.4, 0.5) is 0 Å². The third-order valence-corrected chi connectivity index (χ3v) is 4.66. The average Bonchev–Trinajstić information content (AvgIpc) is 3.03. The van der Waals surface area contributed by atoms with Gasteiger partial charge in [-0.2, -0.15) is 16.9 Å². The van der Waals surface area contributed by atoms with Crippen molar-refractivity contribution in [2.75, 3.05) is 12.9 Å². The predicted molar refractivity (Wildman–Crippen MR) is 89.3 cm³/mol. The minimum absolute atomic E-state index is 0.0196. The first-order chi connectivity index (χ1) is 10.6. The van der Waals surface area contributed by atoms with E-state index in [0.29, 0.717) is 6.42 Å². The summed E-state index contributed by atoms with van der Waals surface area (Å²) in [7, 11) is 0. The number of rotatable bonds is 7. The molecule has 0 aliphatic rings. The number of carbonyl (C=O) groups is 1. The van der Waals surface area contributed by atoms with Crippen LogP contribution in [0.5, 0.6) is 0 Å². The van der Waals surface area contributed by atoms with Gasteiger partial charge in [0.1, 0.15) is 0 Å². The van der Waals surface area contributed by atoms with Crippen molar-refractivity contribution in [2.24, 2.45) is 0 Å². The van der Waals surface area contributed by atoms with Crippen molar-refractivity contribution in [3.8, 4) is 5.69 Å². The summed E-state index contributed by atoms with van der Waals surface area (Å²) >= 11 is 1.55. The zero-order chi connectivity index (χ0) is 15.9. The molecule has 1 heterocycles. The minimum Gasteiger partial charge on any atom is -0.395 e. The summed E-state index contributed by atoms with van der Waals surface area (Å²) < 4.78 is 1.77. The highest BCUT2D eigenvalue weighted by Crippen LogP contribution is 2.12. The Morgan fingerprint density at radius 2 is 2.14 bits per heavy atom. The van der Waals surface area contributed by atoms with Crippen LogP contribution in [-0.4, -0.2) is 44.9 Å². The van der Waals surface area contributed by atoms with Crippen LogP contribution < -0.4 is 5.32 Å². The summed E-state index contributed by atoms with van der Waals surface area (Å²) in [5, 5.41) is 16.4. The van der Waals surface area contributed by atoms with Crippen molar-refractivity contribution in [1.29, 1.82) is 0 Å². The molecule has 0 radical (unpaired) electrons. The smallest absolute Gasteiger partial charge is 0.224 e. The molecule has 0 bridgehead atoms. The lowest BCUT2D eigenvalue weighted by Gasteiger charge is -2.21. The van der Waals surface area contributed by atoms with Crippen LogP contribution in [0, 0.1) is 0 Å². The van der Waals surface area contributed by atoms with Crippen molar-refractivity contribution >= 4 is 17.7 Å². The highest BCUT2D eigenvalue weighted by Gasteiger charge is 2.17. The second-order valence-corrected chi connectivity index (χ2v) is 6.18. The van der Waals surface area contributed by atoms with E-state index >= 15 is 0 Å². The van der Waals surface area contributed by atoms with E-state index < -0.39 is 0 Å². The molecule has 0 spiro atoms. The van der Waals surface area contributed by atoms with E-state index in [1.807, 2.05) is 49.7 Å². The minimum atomic E-state index is -0.0594. The van der Waals surface area contributed by atoms with Gasteiger partial charge in [-0.1, -0.05) is 12.1 Å². The molecular formula is C16H21N3O2S. The Morgan fingerprint density at radius 3 is 2.68 bits per heavy atom. The normalized spacial score (nSPS) is 13.6. The van der Waals surface area contributed by atoms with Crippen molar-refractivity contribution in [3.63, 3.8) is 0 Å². The van der Waals surface area contributed by atoms with E-state index in [0.717, 1.165) is 11.3 Å². The molecule has 1 amide bonds. The van der Waals surface area contributed by atoms with E-state index in [4.69, 9.17) is 0 Å². The highest BCUT2D eigenvalue weighted by molar-refractivity contribution is 7.99.